The minimum atomic E-state index is -4.58. The van der Waals surface area contributed by atoms with Crippen molar-refractivity contribution in [3.05, 3.63) is 59.2 Å². The Balaban J connectivity index is 1.67. The van der Waals surface area contributed by atoms with E-state index < -0.39 is 36.2 Å². The van der Waals surface area contributed by atoms with E-state index in [1.54, 1.807) is 6.07 Å². The summed E-state index contributed by atoms with van der Waals surface area (Å²) in [5.74, 6) is -1.76. The molecule has 0 bridgehead atoms. The van der Waals surface area contributed by atoms with Gasteiger partial charge in [-0.3, -0.25) is 14.5 Å². The molecule has 1 heterocycles. The fraction of sp³-hybridized carbons (Fsp3) is 0.364. The van der Waals surface area contributed by atoms with Crippen LogP contribution in [-0.4, -0.2) is 65.9 Å². The van der Waals surface area contributed by atoms with Crippen LogP contribution in [0.1, 0.15) is 21.5 Å². The van der Waals surface area contributed by atoms with E-state index in [1.807, 2.05) is 0 Å². The predicted octanol–water partition coefficient (Wildman–Crippen LogP) is 1.97. The Hall–Kier alpha value is -3.15. The molecule has 11 heteroatoms. The van der Waals surface area contributed by atoms with Crippen molar-refractivity contribution in [2.75, 3.05) is 38.2 Å². The summed E-state index contributed by atoms with van der Waals surface area (Å²) in [5, 5.41) is 24.2. The summed E-state index contributed by atoms with van der Waals surface area (Å²) < 4.78 is 43.9. The monoisotopic (exact) mass is 467 g/mol. The molecule has 1 saturated heterocycles. The number of phenols is 1. The van der Waals surface area contributed by atoms with Gasteiger partial charge in [-0.05, 0) is 42.0 Å². The number of phenolic OH excluding ortho intramolecular Hbond substituents is 1. The van der Waals surface area contributed by atoms with Crippen molar-refractivity contribution in [2.24, 2.45) is 0 Å². The Labute approximate surface area is 188 Å². The van der Waals surface area contributed by atoms with Crippen LogP contribution in [0.5, 0.6) is 5.75 Å². The van der Waals surface area contributed by atoms with E-state index in [4.69, 9.17) is 4.74 Å². The zero-order valence-corrected chi connectivity index (χ0v) is 17.6. The van der Waals surface area contributed by atoms with Gasteiger partial charge >= 0.3 is 6.18 Å². The molecule has 1 atom stereocenters. The summed E-state index contributed by atoms with van der Waals surface area (Å²) in [6.07, 6.45) is -4.58. The van der Waals surface area contributed by atoms with Crippen molar-refractivity contribution in [1.82, 2.24) is 10.2 Å². The van der Waals surface area contributed by atoms with Crippen LogP contribution < -0.4 is 10.6 Å². The number of morpholine rings is 1. The Morgan fingerprint density at radius 1 is 1.12 bits per heavy atom. The molecule has 0 radical (unpaired) electrons. The van der Waals surface area contributed by atoms with Gasteiger partial charge in [0.2, 0.25) is 5.91 Å². The number of halogens is 3. The third-order valence-corrected chi connectivity index (χ3v) is 5.01. The fourth-order valence-electron chi connectivity index (χ4n) is 3.35. The van der Waals surface area contributed by atoms with Crippen LogP contribution >= 0.6 is 0 Å². The summed E-state index contributed by atoms with van der Waals surface area (Å²) in [6, 6.07) is 6.89. The molecule has 0 aliphatic carbocycles. The quantitative estimate of drug-likeness (QED) is 0.496. The first kappa shape index (κ1) is 24.5. The summed E-state index contributed by atoms with van der Waals surface area (Å²) in [7, 11) is 0. The molecule has 1 aliphatic heterocycles. The number of anilines is 1. The number of ether oxygens (including phenoxy) is 1. The van der Waals surface area contributed by atoms with Crippen LogP contribution in [0.3, 0.4) is 0 Å². The number of carbonyl (C=O) groups is 2. The van der Waals surface area contributed by atoms with Gasteiger partial charge in [0.15, 0.2) is 0 Å². The van der Waals surface area contributed by atoms with Crippen LogP contribution in [-0.2, 0) is 22.3 Å². The molecule has 1 fully saturated rings. The predicted molar refractivity (Wildman–Crippen MR) is 113 cm³/mol. The number of aliphatic hydroxyl groups is 1. The Kier molecular flexibility index (Phi) is 7.90. The van der Waals surface area contributed by atoms with Crippen molar-refractivity contribution >= 4 is 17.5 Å². The van der Waals surface area contributed by atoms with E-state index in [0.717, 1.165) is 18.2 Å². The van der Waals surface area contributed by atoms with Crippen LogP contribution in [0.15, 0.2) is 42.5 Å². The van der Waals surface area contributed by atoms with E-state index in [-0.39, 0.29) is 17.0 Å². The molecular weight excluding hydrogens is 443 g/mol. The zero-order chi connectivity index (χ0) is 24.0. The highest BCUT2D eigenvalue weighted by molar-refractivity contribution is 6.01. The van der Waals surface area contributed by atoms with E-state index in [2.05, 4.69) is 15.5 Å². The number of hydrogen-bond donors (Lipinski definition) is 4. The molecule has 33 heavy (non-hydrogen) atoms. The van der Waals surface area contributed by atoms with E-state index in [1.165, 1.54) is 18.2 Å². The molecule has 8 nitrogen and oxygen atoms in total. The topological polar surface area (TPSA) is 111 Å². The van der Waals surface area contributed by atoms with Gasteiger partial charge < -0.3 is 25.6 Å². The second kappa shape index (κ2) is 10.6. The molecule has 0 spiro atoms. The lowest BCUT2D eigenvalue weighted by molar-refractivity contribution is -0.137. The highest BCUT2D eigenvalue weighted by Crippen LogP contribution is 2.30. The lowest BCUT2D eigenvalue weighted by Crippen LogP contribution is -2.46. The number of carbonyl (C=O) groups excluding carboxylic acids is 2. The number of aromatic hydroxyl groups is 1. The highest BCUT2D eigenvalue weighted by atomic mass is 19.4. The molecule has 2 aromatic carbocycles. The van der Waals surface area contributed by atoms with Gasteiger partial charge in [-0.15, -0.1) is 0 Å². The van der Waals surface area contributed by atoms with Crippen molar-refractivity contribution in [3.8, 4) is 5.75 Å². The Bertz CT molecular complexity index is 993. The lowest BCUT2D eigenvalue weighted by atomic mass is 10.1. The molecule has 1 unspecified atom stereocenters. The smallest absolute Gasteiger partial charge is 0.416 e. The number of hydrogen-bond acceptors (Lipinski definition) is 6. The minimum Gasteiger partial charge on any atom is -0.508 e. The van der Waals surface area contributed by atoms with Gasteiger partial charge in [0.05, 0.1) is 25.4 Å². The summed E-state index contributed by atoms with van der Waals surface area (Å²) >= 11 is 0. The SMILES string of the molecule is O=C(NC(CO)C(=O)Nc1cccc(C(F)(F)F)c1)c1cc(O)cc(CN2CCOCC2)c1. The number of amides is 2. The molecule has 3 rings (SSSR count). The molecule has 2 aromatic rings. The maximum absolute atomic E-state index is 12.9. The van der Waals surface area contributed by atoms with Gasteiger partial charge in [0.1, 0.15) is 11.8 Å². The summed E-state index contributed by atoms with van der Waals surface area (Å²) in [6.45, 7) is 2.29. The molecule has 4 N–H and O–H groups in total. The molecule has 1 aliphatic rings. The van der Waals surface area contributed by atoms with Gasteiger partial charge in [0, 0.05) is 30.9 Å². The number of benzene rings is 2. The van der Waals surface area contributed by atoms with Crippen LogP contribution in [0.25, 0.3) is 0 Å². The van der Waals surface area contributed by atoms with Gasteiger partial charge in [-0.2, -0.15) is 13.2 Å². The van der Waals surface area contributed by atoms with Crippen LogP contribution in [0.2, 0.25) is 0 Å². The van der Waals surface area contributed by atoms with E-state index in [0.29, 0.717) is 38.4 Å². The van der Waals surface area contributed by atoms with Gasteiger partial charge in [-0.1, -0.05) is 6.07 Å². The number of aliphatic hydroxyl groups excluding tert-OH is 1. The Morgan fingerprint density at radius 3 is 2.52 bits per heavy atom. The molecule has 178 valence electrons. The van der Waals surface area contributed by atoms with Crippen LogP contribution in [0, 0.1) is 0 Å². The van der Waals surface area contributed by atoms with E-state index >= 15 is 0 Å². The number of alkyl halides is 3. The molecule has 0 aromatic heterocycles. The number of nitrogens with zero attached hydrogens (tertiary/aromatic N) is 1. The second-order valence-electron chi connectivity index (χ2n) is 7.55. The maximum Gasteiger partial charge on any atom is 0.416 e. The number of rotatable bonds is 7. The first-order valence-electron chi connectivity index (χ1n) is 10.2. The minimum absolute atomic E-state index is 0.0728. The first-order chi connectivity index (χ1) is 15.7. The average molecular weight is 467 g/mol. The zero-order valence-electron chi connectivity index (χ0n) is 17.6. The molecule has 2 amide bonds. The maximum atomic E-state index is 12.9. The van der Waals surface area contributed by atoms with Crippen molar-refractivity contribution in [3.63, 3.8) is 0 Å². The van der Waals surface area contributed by atoms with Gasteiger partial charge in [-0.25, -0.2) is 0 Å². The average Bonchev–Trinajstić information content (AvgIpc) is 2.77. The summed E-state index contributed by atoms with van der Waals surface area (Å²) in [5.41, 5.74) is -0.329. The second-order valence-corrected chi connectivity index (χ2v) is 7.55. The van der Waals surface area contributed by atoms with Crippen molar-refractivity contribution < 1.29 is 37.7 Å². The third-order valence-electron chi connectivity index (χ3n) is 5.01. The number of nitrogens with one attached hydrogen (secondary N) is 2. The largest absolute Gasteiger partial charge is 0.508 e. The lowest BCUT2D eigenvalue weighted by Gasteiger charge is -2.26. The van der Waals surface area contributed by atoms with Crippen molar-refractivity contribution in [2.45, 2.75) is 18.8 Å². The standard InChI is InChI=1S/C22H24F3N3O5/c23-22(24,25)16-2-1-3-17(11-16)26-21(32)19(13-29)27-20(31)15-8-14(9-18(30)10-15)12-28-4-6-33-7-5-28/h1-3,8-11,19,29-30H,4-7,12-13H2,(H,26,32)(H,27,31). The highest BCUT2D eigenvalue weighted by Gasteiger charge is 2.31. The fourth-order valence-corrected chi connectivity index (χ4v) is 3.35. The van der Waals surface area contributed by atoms with E-state index in [9.17, 15) is 33.0 Å². The Morgan fingerprint density at radius 2 is 1.85 bits per heavy atom. The van der Waals surface area contributed by atoms with Crippen LogP contribution in [0.4, 0.5) is 18.9 Å². The molecular formula is C22H24F3N3O5. The summed E-state index contributed by atoms with van der Waals surface area (Å²) in [4.78, 5) is 27.2. The first-order valence-corrected chi connectivity index (χ1v) is 10.2. The normalized spacial score (nSPS) is 15.6. The molecule has 0 saturated carbocycles. The third kappa shape index (κ3) is 6.91. The van der Waals surface area contributed by atoms with Gasteiger partial charge in [0.25, 0.3) is 5.91 Å². The van der Waals surface area contributed by atoms with Crippen molar-refractivity contribution in [1.29, 1.82) is 0 Å².